The van der Waals surface area contributed by atoms with Gasteiger partial charge in [0, 0.05) is 11.3 Å². The average Bonchev–Trinajstić information content (AvgIpc) is 3.07. The molecule has 6 nitrogen and oxygen atoms in total. The minimum absolute atomic E-state index is 0.0597. The highest BCUT2D eigenvalue weighted by Crippen LogP contribution is 2.37. The largest absolute Gasteiger partial charge is 0.392 e. The predicted octanol–water partition coefficient (Wildman–Crippen LogP) is 2.05. The van der Waals surface area contributed by atoms with Crippen molar-refractivity contribution in [2.45, 2.75) is 26.0 Å². The first-order valence-corrected chi connectivity index (χ1v) is 7.26. The number of fused-ring (bicyclic) bond motifs is 2. The maximum atomic E-state index is 9.27. The summed E-state index contributed by atoms with van der Waals surface area (Å²) in [6, 6.07) is 8.02. The number of aromatic nitrogens is 3. The molecule has 22 heavy (non-hydrogen) atoms. The number of aliphatic hydroxyl groups excluding tert-OH is 1. The predicted molar refractivity (Wildman–Crippen MR) is 85.5 cm³/mol. The molecule has 0 fully saturated rings. The van der Waals surface area contributed by atoms with Gasteiger partial charge in [-0.3, -0.25) is 0 Å². The van der Waals surface area contributed by atoms with Crippen LogP contribution in [0.15, 0.2) is 24.3 Å². The number of nitrogens with two attached hydrogens (primary N) is 1. The lowest BCUT2D eigenvalue weighted by Crippen LogP contribution is -2.08. The lowest BCUT2D eigenvalue weighted by molar-refractivity contribution is 0.282. The van der Waals surface area contributed by atoms with Crippen molar-refractivity contribution in [2.24, 2.45) is 0 Å². The smallest absolute Gasteiger partial charge is 0.180 e. The van der Waals surface area contributed by atoms with Gasteiger partial charge in [0.1, 0.15) is 11.6 Å². The molecule has 1 aliphatic heterocycles. The number of nitrogen functional groups attached to an aromatic ring is 1. The zero-order valence-electron chi connectivity index (χ0n) is 12.2. The van der Waals surface area contributed by atoms with Crippen LogP contribution in [-0.4, -0.2) is 20.1 Å². The summed E-state index contributed by atoms with van der Waals surface area (Å²) in [6.07, 6.45) is 0.847. The molecule has 3 heterocycles. The number of aliphatic hydroxyl groups is 1. The molecule has 1 aromatic carbocycles. The van der Waals surface area contributed by atoms with E-state index in [2.05, 4.69) is 20.3 Å². The molecule has 1 aliphatic rings. The van der Waals surface area contributed by atoms with Crippen LogP contribution in [0.25, 0.3) is 11.2 Å². The van der Waals surface area contributed by atoms with Crippen molar-refractivity contribution in [3.8, 4) is 0 Å². The van der Waals surface area contributed by atoms with Crippen LogP contribution in [0, 0.1) is 6.92 Å². The van der Waals surface area contributed by atoms with E-state index in [0.717, 1.165) is 34.6 Å². The number of aryl methyl sites for hydroxylation is 1. The molecule has 3 aromatic rings. The molecule has 2 aromatic heterocycles. The molecule has 0 saturated heterocycles. The number of rotatable bonds is 2. The Balaban J connectivity index is 1.78. The number of aromatic amines is 1. The Morgan fingerprint density at radius 3 is 3.00 bits per heavy atom. The second kappa shape index (κ2) is 4.71. The molecule has 0 amide bonds. The average molecular weight is 295 g/mol. The highest BCUT2D eigenvalue weighted by Gasteiger charge is 2.25. The molecule has 1 atom stereocenters. The molecule has 0 spiro atoms. The van der Waals surface area contributed by atoms with Gasteiger partial charge in [0.25, 0.3) is 0 Å². The highest BCUT2D eigenvalue weighted by molar-refractivity contribution is 5.79. The van der Waals surface area contributed by atoms with Crippen molar-refractivity contribution >= 4 is 22.7 Å². The van der Waals surface area contributed by atoms with Crippen LogP contribution >= 0.6 is 0 Å². The van der Waals surface area contributed by atoms with Gasteiger partial charge in [-0.2, -0.15) is 0 Å². The van der Waals surface area contributed by atoms with Gasteiger partial charge in [0.05, 0.1) is 18.2 Å². The van der Waals surface area contributed by atoms with Gasteiger partial charge in [-0.05, 0) is 36.6 Å². The first kappa shape index (κ1) is 13.1. The number of hydrogen-bond donors (Lipinski definition) is 4. The molecule has 4 rings (SSSR count). The van der Waals surface area contributed by atoms with Crippen LogP contribution < -0.4 is 11.1 Å². The van der Waals surface area contributed by atoms with Crippen molar-refractivity contribution < 1.29 is 5.11 Å². The number of H-pyrrole nitrogens is 1. The fourth-order valence-corrected chi connectivity index (χ4v) is 3.12. The third-order valence-electron chi connectivity index (χ3n) is 4.11. The van der Waals surface area contributed by atoms with E-state index in [1.54, 1.807) is 0 Å². The summed E-state index contributed by atoms with van der Waals surface area (Å²) in [5.41, 5.74) is 11.8. The number of benzene rings is 1. The van der Waals surface area contributed by atoms with E-state index >= 15 is 0 Å². The van der Waals surface area contributed by atoms with Gasteiger partial charge in [0.15, 0.2) is 5.65 Å². The van der Waals surface area contributed by atoms with E-state index in [4.69, 9.17) is 5.73 Å². The Kier molecular flexibility index (Phi) is 2.80. The molecular formula is C16H17N5O. The Labute approximate surface area is 127 Å². The number of nitrogens with zero attached hydrogens (tertiary/aromatic N) is 2. The van der Waals surface area contributed by atoms with Gasteiger partial charge in [-0.15, -0.1) is 0 Å². The van der Waals surface area contributed by atoms with Crippen molar-refractivity contribution in [1.29, 1.82) is 0 Å². The molecule has 0 aliphatic carbocycles. The van der Waals surface area contributed by atoms with Crippen molar-refractivity contribution in [1.82, 2.24) is 15.0 Å². The quantitative estimate of drug-likeness (QED) is 0.580. The normalized spacial score (nSPS) is 16.7. The monoisotopic (exact) mass is 295 g/mol. The van der Waals surface area contributed by atoms with Gasteiger partial charge >= 0.3 is 0 Å². The fraction of sp³-hybridized carbons (Fsp3) is 0.250. The first-order valence-electron chi connectivity index (χ1n) is 7.26. The zero-order valence-corrected chi connectivity index (χ0v) is 12.2. The first-order chi connectivity index (χ1) is 10.6. The molecule has 5 N–H and O–H groups in total. The van der Waals surface area contributed by atoms with Crippen molar-refractivity contribution in [2.75, 3.05) is 11.1 Å². The Morgan fingerprint density at radius 2 is 2.18 bits per heavy atom. The molecule has 0 bridgehead atoms. The topological polar surface area (TPSA) is 99.8 Å². The van der Waals surface area contributed by atoms with Crippen molar-refractivity contribution in [3.05, 3.63) is 46.8 Å². The van der Waals surface area contributed by atoms with Crippen molar-refractivity contribution in [3.63, 3.8) is 0 Å². The molecule has 0 radical (unpaired) electrons. The Bertz CT molecular complexity index is 870. The third-order valence-corrected chi connectivity index (χ3v) is 4.11. The summed E-state index contributed by atoms with van der Waals surface area (Å²) in [4.78, 5) is 11.9. The fourth-order valence-electron chi connectivity index (χ4n) is 3.12. The molecule has 0 saturated carbocycles. The van der Waals surface area contributed by atoms with E-state index in [9.17, 15) is 5.11 Å². The van der Waals surface area contributed by atoms with Crippen LogP contribution in [0.4, 0.5) is 11.5 Å². The second-order valence-corrected chi connectivity index (χ2v) is 5.71. The highest BCUT2D eigenvalue weighted by atomic mass is 16.3. The van der Waals surface area contributed by atoms with Crippen LogP contribution in [0.3, 0.4) is 0 Å². The summed E-state index contributed by atoms with van der Waals surface area (Å²) >= 11 is 0. The molecule has 1 unspecified atom stereocenters. The number of anilines is 2. The Hall–Kier alpha value is -2.60. The lowest BCUT2D eigenvalue weighted by atomic mass is 10.0. The SMILES string of the molecule is Cc1nc2nc(N)cc(C3Cc4cc(CO)ccc4N3)c2[nH]1. The molecule has 6 heteroatoms. The van der Waals surface area contributed by atoms with E-state index in [1.165, 1.54) is 5.56 Å². The number of hydrogen-bond acceptors (Lipinski definition) is 5. The van der Waals surface area contributed by atoms with Gasteiger partial charge in [-0.25, -0.2) is 9.97 Å². The zero-order chi connectivity index (χ0) is 15.3. The van der Waals surface area contributed by atoms with Crippen LogP contribution in [0.5, 0.6) is 0 Å². The van der Waals surface area contributed by atoms with E-state index in [0.29, 0.717) is 11.5 Å². The van der Waals surface area contributed by atoms with Gasteiger partial charge in [-0.1, -0.05) is 12.1 Å². The molecule has 112 valence electrons. The minimum atomic E-state index is 0.0597. The number of imidazole rings is 1. The Morgan fingerprint density at radius 1 is 1.32 bits per heavy atom. The lowest BCUT2D eigenvalue weighted by Gasteiger charge is -2.13. The maximum absolute atomic E-state index is 9.27. The summed E-state index contributed by atoms with van der Waals surface area (Å²) in [7, 11) is 0. The van der Waals surface area contributed by atoms with E-state index in [-0.39, 0.29) is 12.6 Å². The van der Waals surface area contributed by atoms with E-state index < -0.39 is 0 Å². The number of pyridine rings is 1. The van der Waals surface area contributed by atoms with Gasteiger partial charge < -0.3 is 21.1 Å². The van der Waals surface area contributed by atoms with E-state index in [1.807, 2.05) is 31.2 Å². The summed E-state index contributed by atoms with van der Waals surface area (Å²) in [6.45, 7) is 1.97. The van der Waals surface area contributed by atoms with Crippen LogP contribution in [-0.2, 0) is 13.0 Å². The van der Waals surface area contributed by atoms with Gasteiger partial charge in [0.2, 0.25) is 0 Å². The van der Waals surface area contributed by atoms with Crippen LogP contribution in [0.2, 0.25) is 0 Å². The third kappa shape index (κ3) is 2.00. The molecular weight excluding hydrogens is 278 g/mol. The minimum Gasteiger partial charge on any atom is -0.392 e. The maximum Gasteiger partial charge on any atom is 0.180 e. The summed E-state index contributed by atoms with van der Waals surface area (Å²) in [5, 5.41) is 12.8. The standard InChI is InChI=1S/C16H17N5O/c1-8-18-15-11(6-14(17)21-16(15)19-8)13-5-10-4-9(7-22)2-3-12(10)20-13/h2-4,6,13,20,22H,5,7H2,1H3,(H3,17,18,19,21). The summed E-state index contributed by atoms with van der Waals surface area (Å²) < 4.78 is 0. The van der Waals surface area contributed by atoms with Crippen LogP contribution in [0.1, 0.15) is 28.6 Å². The second-order valence-electron chi connectivity index (χ2n) is 5.71. The summed E-state index contributed by atoms with van der Waals surface area (Å²) in [5.74, 6) is 1.30. The number of nitrogens with one attached hydrogen (secondary N) is 2.